The van der Waals surface area contributed by atoms with Gasteiger partial charge in [-0.25, -0.2) is 10.2 Å². The highest BCUT2D eigenvalue weighted by Crippen LogP contribution is 2.17. The van der Waals surface area contributed by atoms with Gasteiger partial charge >= 0.3 is 5.69 Å². The number of fused-ring (bicyclic) bond motifs is 1. The Balaban J connectivity index is 1.54. The van der Waals surface area contributed by atoms with Crippen LogP contribution in [0.4, 0.5) is 5.95 Å². The second-order valence-electron chi connectivity index (χ2n) is 7.56. The molecule has 0 spiro atoms. The SMILES string of the molecule is Cn1c(=O)c2c(nc(NNCCNC(=O)c3ccccc3)n2Cc2ccccc2)n(C)c1=O. The number of nitrogens with one attached hydrogen (secondary N) is 3. The van der Waals surface area contributed by atoms with Gasteiger partial charge in [0.05, 0.1) is 6.54 Å². The smallest absolute Gasteiger partial charge is 0.332 e. The molecule has 0 aliphatic rings. The summed E-state index contributed by atoms with van der Waals surface area (Å²) in [6.07, 6.45) is 0. The first-order chi connectivity index (χ1) is 16.0. The van der Waals surface area contributed by atoms with E-state index < -0.39 is 11.2 Å². The van der Waals surface area contributed by atoms with Gasteiger partial charge in [-0.3, -0.25) is 28.7 Å². The summed E-state index contributed by atoms with van der Waals surface area (Å²) in [7, 11) is 3.03. The van der Waals surface area contributed by atoms with Crippen LogP contribution >= 0.6 is 0 Å². The number of benzene rings is 2. The maximum absolute atomic E-state index is 12.9. The Hall–Kier alpha value is -4.18. The maximum Gasteiger partial charge on any atom is 0.332 e. The van der Waals surface area contributed by atoms with Crippen LogP contribution in [0.1, 0.15) is 15.9 Å². The molecule has 0 radical (unpaired) electrons. The standard InChI is InChI=1S/C23H25N7O3/c1-28-19-18(21(32)29(2)23(28)33)30(15-16-9-5-3-6-10-16)22(26-19)27-25-14-13-24-20(31)17-11-7-4-8-12-17/h3-12,25H,13-15H2,1-2H3,(H,24,31)(H,26,27). The van der Waals surface area contributed by atoms with Crippen molar-refractivity contribution in [1.29, 1.82) is 0 Å². The summed E-state index contributed by atoms with van der Waals surface area (Å²) in [4.78, 5) is 41.9. The molecule has 2 aromatic heterocycles. The molecule has 10 heteroatoms. The van der Waals surface area contributed by atoms with E-state index in [4.69, 9.17) is 0 Å². The first-order valence-electron chi connectivity index (χ1n) is 10.5. The lowest BCUT2D eigenvalue weighted by Crippen LogP contribution is -2.37. The zero-order valence-corrected chi connectivity index (χ0v) is 18.4. The van der Waals surface area contributed by atoms with Gasteiger partial charge in [0.2, 0.25) is 5.95 Å². The number of carbonyl (C=O) groups is 1. The van der Waals surface area contributed by atoms with Crippen LogP contribution in [0.25, 0.3) is 11.2 Å². The molecule has 0 saturated heterocycles. The molecule has 4 aromatic rings. The van der Waals surface area contributed by atoms with Crippen molar-refractivity contribution < 1.29 is 4.79 Å². The molecule has 0 atom stereocenters. The number of hydrogen-bond acceptors (Lipinski definition) is 6. The summed E-state index contributed by atoms with van der Waals surface area (Å²) >= 11 is 0. The van der Waals surface area contributed by atoms with Crippen LogP contribution in [0.3, 0.4) is 0 Å². The summed E-state index contributed by atoms with van der Waals surface area (Å²) in [5.74, 6) is 0.230. The Morgan fingerprint density at radius 1 is 0.909 bits per heavy atom. The topological polar surface area (TPSA) is 115 Å². The fourth-order valence-electron chi connectivity index (χ4n) is 3.53. The van der Waals surface area contributed by atoms with E-state index in [0.717, 1.165) is 10.1 Å². The Morgan fingerprint density at radius 3 is 2.27 bits per heavy atom. The number of imidazole rings is 1. The van der Waals surface area contributed by atoms with E-state index in [1.165, 1.54) is 11.6 Å². The van der Waals surface area contributed by atoms with Crippen LogP contribution < -0.4 is 27.4 Å². The molecule has 0 unspecified atom stereocenters. The average Bonchev–Trinajstić information content (AvgIpc) is 3.20. The number of amides is 1. The zero-order valence-electron chi connectivity index (χ0n) is 18.4. The minimum Gasteiger partial charge on any atom is -0.351 e. The molecule has 2 heterocycles. The maximum atomic E-state index is 12.9. The Bertz CT molecular complexity index is 1390. The van der Waals surface area contributed by atoms with Gasteiger partial charge in [-0.1, -0.05) is 48.5 Å². The fraction of sp³-hybridized carbons (Fsp3) is 0.217. The minimum absolute atomic E-state index is 0.160. The number of rotatable bonds is 8. The van der Waals surface area contributed by atoms with Crippen molar-refractivity contribution in [2.24, 2.45) is 14.1 Å². The number of hydrazine groups is 1. The molecule has 0 aliphatic heterocycles. The largest absolute Gasteiger partial charge is 0.351 e. The van der Waals surface area contributed by atoms with Gasteiger partial charge in [0.25, 0.3) is 11.5 Å². The number of carbonyl (C=O) groups excluding carboxylic acids is 1. The number of anilines is 1. The third-order valence-electron chi connectivity index (χ3n) is 5.30. The molecule has 1 amide bonds. The predicted octanol–water partition coefficient (Wildman–Crippen LogP) is 0.828. The van der Waals surface area contributed by atoms with Crippen molar-refractivity contribution in [3.8, 4) is 0 Å². The molecule has 0 bridgehead atoms. The number of aromatic nitrogens is 4. The van der Waals surface area contributed by atoms with E-state index >= 15 is 0 Å². The van der Waals surface area contributed by atoms with Crippen molar-refractivity contribution in [2.75, 3.05) is 18.5 Å². The van der Waals surface area contributed by atoms with Crippen molar-refractivity contribution >= 4 is 23.0 Å². The zero-order chi connectivity index (χ0) is 23.4. The van der Waals surface area contributed by atoms with Gasteiger partial charge in [0.15, 0.2) is 11.2 Å². The predicted molar refractivity (Wildman–Crippen MR) is 126 cm³/mol. The highest BCUT2D eigenvalue weighted by Gasteiger charge is 2.19. The van der Waals surface area contributed by atoms with E-state index in [0.29, 0.717) is 42.3 Å². The quantitative estimate of drug-likeness (QED) is 0.272. The molecular formula is C23H25N7O3. The first kappa shape index (κ1) is 22.0. The molecule has 33 heavy (non-hydrogen) atoms. The highest BCUT2D eigenvalue weighted by molar-refractivity contribution is 5.94. The summed E-state index contributed by atoms with van der Waals surface area (Å²) in [5, 5.41) is 2.83. The van der Waals surface area contributed by atoms with Crippen LogP contribution in [-0.4, -0.2) is 37.7 Å². The second kappa shape index (κ2) is 9.53. The average molecular weight is 447 g/mol. The van der Waals surface area contributed by atoms with Gasteiger partial charge in [0, 0.05) is 32.7 Å². The monoisotopic (exact) mass is 447 g/mol. The van der Waals surface area contributed by atoms with E-state index in [1.54, 1.807) is 23.7 Å². The number of hydrogen-bond donors (Lipinski definition) is 3. The third-order valence-corrected chi connectivity index (χ3v) is 5.30. The van der Waals surface area contributed by atoms with Crippen LogP contribution in [0.2, 0.25) is 0 Å². The lowest BCUT2D eigenvalue weighted by Gasteiger charge is -2.12. The lowest BCUT2D eigenvalue weighted by molar-refractivity contribution is 0.0954. The van der Waals surface area contributed by atoms with Crippen LogP contribution in [-0.2, 0) is 20.6 Å². The van der Waals surface area contributed by atoms with Gasteiger partial charge < -0.3 is 5.32 Å². The molecule has 0 saturated carbocycles. The molecular weight excluding hydrogens is 422 g/mol. The number of aryl methyl sites for hydroxylation is 1. The third kappa shape index (κ3) is 4.55. The summed E-state index contributed by atoms with van der Waals surface area (Å²) in [6.45, 7) is 1.17. The van der Waals surface area contributed by atoms with Crippen molar-refractivity contribution in [3.63, 3.8) is 0 Å². The fourth-order valence-corrected chi connectivity index (χ4v) is 3.53. The van der Waals surface area contributed by atoms with Crippen LogP contribution in [0.5, 0.6) is 0 Å². The second-order valence-corrected chi connectivity index (χ2v) is 7.56. The minimum atomic E-state index is -0.444. The van der Waals surface area contributed by atoms with E-state index in [1.807, 2.05) is 48.5 Å². The van der Waals surface area contributed by atoms with Crippen LogP contribution in [0, 0.1) is 0 Å². The van der Waals surface area contributed by atoms with Crippen molar-refractivity contribution in [2.45, 2.75) is 6.54 Å². The first-order valence-corrected chi connectivity index (χ1v) is 10.5. The van der Waals surface area contributed by atoms with E-state index in [2.05, 4.69) is 21.2 Å². The molecule has 0 aliphatic carbocycles. The normalized spacial score (nSPS) is 11.0. The summed E-state index contributed by atoms with van der Waals surface area (Å²) in [6, 6.07) is 18.6. The molecule has 4 rings (SSSR count). The van der Waals surface area contributed by atoms with Gasteiger partial charge in [-0.05, 0) is 17.7 Å². The van der Waals surface area contributed by atoms with Gasteiger partial charge in [-0.2, -0.15) is 4.98 Å². The van der Waals surface area contributed by atoms with Crippen molar-refractivity contribution in [1.82, 2.24) is 29.4 Å². The Kier molecular flexibility index (Phi) is 6.36. The number of nitrogens with zero attached hydrogens (tertiary/aromatic N) is 4. The molecule has 2 aromatic carbocycles. The summed E-state index contributed by atoms with van der Waals surface area (Å²) in [5.41, 5.74) is 7.36. The van der Waals surface area contributed by atoms with Crippen molar-refractivity contribution in [3.05, 3.63) is 92.6 Å². The lowest BCUT2D eigenvalue weighted by atomic mass is 10.2. The molecule has 10 nitrogen and oxygen atoms in total. The summed E-state index contributed by atoms with van der Waals surface area (Å²) < 4.78 is 4.16. The van der Waals surface area contributed by atoms with E-state index in [9.17, 15) is 14.4 Å². The highest BCUT2D eigenvalue weighted by atomic mass is 16.2. The van der Waals surface area contributed by atoms with E-state index in [-0.39, 0.29) is 5.91 Å². The van der Waals surface area contributed by atoms with Crippen LogP contribution in [0.15, 0.2) is 70.3 Å². The molecule has 170 valence electrons. The molecule has 3 N–H and O–H groups in total. The Morgan fingerprint density at radius 2 is 1.58 bits per heavy atom. The Labute approximate surface area is 189 Å². The van der Waals surface area contributed by atoms with Gasteiger partial charge in [0.1, 0.15) is 0 Å². The van der Waals surface area contributed by atoms with Gasteiger partial charge in [-0.15, -0.1) is 0 Å². The molecule has 0 fully saturated rings.